The number of amides is 2. The number of benzene rings is 1. The summed E-state index contributed by atoms with van der Waals surface area (Å²) >= 11 is 5.98. The van der Waals surface area contributed by atoms with Crippen LogP contribution in [0, 0.1) is 0 Å². The molecule has 2 saturated heterocycles. The van der Waals surface area contributed by atoms with Gasteiger partial charge in [0.1, 0.15) is 11.8 Å². The number of nitrogens with zero attached hydrogens (tertiary/aromatic N) is 1. The molecule has 9 heteroatoms. The molecule has 3 N–H and O–H groups in total. The molecule has 0 radical (unpaired) electrons. The molecule has 0 bridgehead atoms. The SMILES string of the molecule is COc1ccc(Cl)cc1NC(=O)[C@H]1CC(=O)NC(=NC[C@H]2CCCO2)N1. The van der Waals surface area contributed by atoms with E-state index in [-0.39, 0.29) is 30.3 Å². The Hall–Kier alpha value is -2.32. The van der Waals surface area contributed by atoms with Crippen LogP contribution >= 0.6 is 11.6 Å². The number of anilines is 1. The smallest absolute Gasteiger partial charge is 0.247 e. The molecule has 1 aromatic carbocycles. The van der Waals surface area contributed by atoms with Gasteiger partial charge in [0.15, 0.2) is 5.96 Å². The Balaban J connectivity index is 1.65. The van der Waals surface area contributed by atoms with Crippen molar-refractivity contribution < 1.29 is 19.1 Å². The zero-order valence-electron chi connectivity index (χ0n) is 14.4. The van der Waals surface area contributed by atoms with Gasteiger partial charge in [-0.15, -0.1) is 0 Å². The first-order valence-electron chi connectivity index (χ1n) is 8.42. The van der Waals surface area contributed by atoms with E-state index < -0.39 is 6.04 Å². The molecule has 2 atom stereocenters. The number of nitrogens with one attached hydrogen (secondary N) is 3. The molecule has 0 aromatic heterocycles. The van der Waals surface area contributed by atoms with Crippen molar-refractivity contribution in [1.82, 2.24) is 10.6 Å². The van der Waals surface area contributed by atoms with Crippen LogP contribution in [0.5, 0.6) is 5.75 Å². The van der Waals surface area contributed by atoms with E-state index in [0.717, 1.165) is 19.4 Å². The fourth-order valence-electron chi connectivity index (χ4n) is 2.84. The van der Waals surface area contributed by atoms with E-state index in [1.54, 1.807) is 18.2 Å². The monoisotopic (exact) mass is 380 g/mol. The standard InChI is InChI=1S/C17H21ClN4O4/c1-25-14-5-4-10(18)7-12(14)20-16(24)13-8-15(23)22-17(21-13)19-9-11-3-2-6-26-11/h4-5,7,11,13H,2-3,6,8-9H2,1H3,(H,20,24)(H2,19,21,22,23)/t11-,13-/m1/s1. The largest absolute Gasteiger partial charge is 0.495 e. The number of halogens is 1. The molecule has 2 amide bonds. The number of hydrogen-bond acceptors (Lipinski definition) is 5. The van der Waals surface area contributed by atoms with Crippen molar-refractivity contribution in [1.29, 1.82) is 0 Å². The number of aliphatic imine (C=N–C) groups is 1. The number of hydrogen-bond donors (Lipinski definition) is 3. The summed E-state index contributed by atoms with van der Waals surface area (Å²) in [4.78, 5) is 28.8. The quantitative estimate of drug-likeness (QED) is 0.714. The van der Waals surface area contributed by atoms with Gasteiger partial charge in [-0.1, -0.05) is 11.6 Å². The second-order valence-corrected chi connectivity index (χ2v) is 6.54. The highest BCUT2D eigenvalue weighted by Gasteiger charge is 2.29. The molecule has 0 aliphatic carbocycles. The van der Waals surface area contributed by atoms with Crippen LogP contribution in [0.4, 0.5) is 5.69 Å². The Bertz CT molecular complexity index is 719. The van der Waals surface area contributed by atoms with Crippen LogP contribution in [0.3, 0.4) is 0 Å². The van der Waals surface area contributed by atoms with E-state index in [9.17, 15) is 9.59 Å². The lowest BCUT2D eigenvalue weighted by atomic mass is 10.1. The summed E-state index contributed by atoms with van der Waals surface area (Å²) in [5.41, 5.74) is 0.440. The van der Waals surface area contributed by atoms with Crippen LogP contribution in [-0.4, -0.2) is 50.2 Å². The number of carbonyl (C=O) groups is 2. The summed E-state index contributed by atoms with van der Waals surface area (Å²) < 4.78 is 10.7. The first kappa shape index (κ1) is 18.5. The van der Waals surface area contributed by atoms with Crippen molar-refractivity contribution in [2.24, 2.45) is 4.99 Å². The highest BCUT2D eigenvalue weighted by Crippen LogP contribution is 2.27. The number of methoxy groups -OCH3 is 1. The number of ether oxygens (including phenoxy) is 2. The molecular formula is C17H21ClN4O4. The molecule has 0 unspecified atom stereocenters. The summed E-state index contributed by atoms with van der Waals surface area (Å²) in [5.74, 6) is 0.128. The van der Waals surface area contributed by atoms with E-state index in [2.05, 4.69) is 20.9 Å². The molecule has 0 saturated carbocycles. The maximum Gasteiger partial charge on any atom is 0.247 e. The molecule has 2 fully saturated rings. The van der Waals surface area contributed by atoms with Gasteiger partial charge in [-0.05, 0) is 31.0 Å². The average Bonchev–Trinajstić information content (AvgIpc) is 3.13. The van der Waals surface area contributed by atoms with Gasteiger partial charge < -0.3 is 20.1 Å². The van der Waals surface area contributed by atoms with Crippen LogP contribution in [-0.2, 0) is 14.3 Å². The Morgan fingerprint density at radius 3 is 3.08 bits per heavy atom. The number of carbonyl (C=O) groups excluding carboxylic acids is 2. The Kier molecular flexibility index (Phi) is 5.95. The number of guanidine groups is 1. The summed E-state index contributed by atoms with van der Waals surface area (Å²) in [6.45, 7) is 1.18. The van der Waals surface area contributed by atoms with Gasteiger partial charge in [-0.2, -0.15) is 0 Å². The summed E-state index contributed by atoms with van der Waals surface area (Å²) in [7, 11) is 1.50. The molecule has 8 nitrogen and oxygen atoms in total. The second kappa shape index (κ2) is 8.37. The molecule has 2 aliphatic heterocycles. The third-order valence-corrected chi connectivity index (χ3v) is 4.41. The Labute approximate surface area is 156 Å². The molecule has 2 heterocycles. The van der Waals surface area contributed by atoms with E-state index in [0.29, 0.717) is 23.0 Å². The fraction of sp³-hybridized carbons (Fsp3) is 0.471. The lowest BCUT2D eigenvalue weighted by molar-refractivity contribution is -0.125. The van der Waals surface area contributed by atoms with Crippen molar-refractivity contribution in [2.75, 3.05) is 25.6 Å². The second-order valence-electron chi connectivity index (χ2n) is 6.11. The minimum Gasteiger partial charge on any atom is -0.495 e. The van der Waals surface area contributed by atoms with Gasteiger partial charge in [0.2, 0.25) is 11.8 Å². The Morgan fingerprint density at radius 1 is 1.50 bits per heavy atom. The van der Waals surface area contributed by atoms with Gasteiger partial charge in [0.25, 0.3) is 0 Å². The minimum absolute atomic E-state index is 0.00760. The Morgan fingerprint density at radius 2 is 2.35 bits per heavy atom. The van der Waals surface area contributed by atoms with E-state index in [1.165, 1.54) is 7.11 Å². The van der Waals surface area contributed by atoms with Gasteiger partial charge in [0.05, 0.1) is 31.9 Å². The third-order valence-electron chi connectivity index (χ3n) is 4.17. The van der Waals surface area contributed by atoms with Crippen molar-refractivity contribution in [3.8, 4) is 5.75 Å². The highest BCUT2D eigenvalue weighted by molar-refractivity contribution is 6.31. The van der Waals surface area contributed by atoms with Gasteiger partial charge in [0, 0.05) is 11.6 Å². The first-order chi connectivity index (χ1) is 12.5. The molecule has 1 aromatic rings. The van der Waals surface area contributed by atoms with E-state index in [1.807, 2.05) is 0 Å². The fourth-order valence-corrected chi connectivity index (χ4v) is 3.02. The molecule has 2 aliphatic rings. The summed E-state index contributed by atoms with van der Waals surface area (Å²) in [6.07, 6.45) is 2.03. The minimum atomic E-state index is -0.740. The van der Waals surface area contributed by atoms with Gasteiger partial charge in [-0.25, -0.2) is 0 Å². The topological polar surface area (TPSA) is 101 Å². The molecular weight excluding hydrogens is 360 g/mol. The molecule has 140 valence electrons. The lowest BCUT2D eigenvalue weighted by Gasteiger charge is -2.25. The van der Waals surface area contributed by atoms with Gasteiger partial charge >= 0.3 is 0 Å². The summed E-state index contributed by atoms with van der Waals surface area (Å²) in [5, 5.41) is 8.80. The van der Waals surface area contributed by atoms with Crippen LogP contribution in [0.15, 0.2) is 23.2 Å². The third kappa shape index (κ3) is 4.64. The van der Waals surface area contributed by atoms with Crippen molar-refractivity contribution in [2.45, 2.75) is 31.4 Å². The number of rotatable bonds is 5. The zero-order valence-corrected chi connectivity index (χ0v) is 15.1. The zero-order chi connectivity index (χ0) is 18.5. The van der Waals surface area contributed by atoms with Crippen LogP contribution < -0.4 is 20.7 Å². The molecule has 0 spiro atoms. The van der Waals surface area contributed by atoms with Crippen molar-refractivity contribution >= 4 is 35.1 Å². The normalized spacial score (nSPS) is 24.1. The predicted molar refractivity (Wildman–Crippen MR) is 97.6 cm³/mol. The van der Waals surface area contributed by atoms with Crippen LogP contribution in [0.2, 0.25) is 5.02 Å². The summed E-state index contributed by atoms with van der Waals surface area (Å²) in [6, 6.07) is 4.18. The lowest BCUT2D eigenvalue weighted by Crippen LogP contribution is -2.57. The average molecular weight is 381 g/mol. The first-order valence-corrected chi connectivity index (χ1v) is 8.80. The maximum absolute atomic E-state index is 12.6. The van der Waals surface area contributed by atoms with E-state index >= 15 is 0 Å². The van der Waals surface area contributed by atoms with Crippen LogP contribution in [0.1, 0.15) is 19.3 Å². The molecule has 26 heavy (non-hydrogen) atoms. The van der Waals surface area contributed by atoms with Crippen LogP contribution in [0.25, 0.3) is 0 Å². The predicted octanol–water partition coefficient (Wildman–Crippen LogP) is 1.30. The highest BCUT2D eigenvalue weighted by atomic mass is 35.5. The van der Waals surface area contributed by atoms with Crippen molar-refractivity contribution in [3.05, 3.63) is 23.2 Å². The van der Waals surface area contributed by atoms with Gasteiger partial charge in [-0.3, -0.25) is 19.9 Å². The maximum atomic E-state index is 12.6. The van der Waals surface area contributed by atoms with Crippen molar-refractivity contribution in [3.63, 3.8) is 0 Å². The van der Waals surface area contributed by atoms with E-state index in [4.69, 9.17) is 21.1 Å². The molecule has 3 rings (SSSR count).